The van der Waals surface area contributed by atoms with Crippen LogP contribution in [0.25, 0.3) is 0 Å². The number of halogens is 1. The predicted molar refractivity (Wildman–Crippen MR) is 88.2 cm³/mol. The standard InChI is InChI=1S/C13H20N4O2.HI/c1-15-13(17-9-4-2-3-5-9)16-8-10-6-7-11(19-10)12(14)18;/h6-7,9H,2-5,8H2,1H3,(H2,14,18)(H2,15,16,17);1H. The number of carbonyl (C=O) groups is 1. The van der Waals surface area contributed by atoms with Crippen molar-refractivity contribution in [3.63, 3.8) is 0 Å². The fourth-order valence-corrected chi connectivity index (χ4v) is 2.23. The normalized spacial score (nSPS) is 15.8. The smallest absolute Gasteiger partial charge is 0.284 e. The van der Waals surface area contributed by atoms with Gasteiger partial charge in [0.1, 0.15) is 5.76 Å². The summed E-state index contributed by atoms with van der Waals surface area (Å²) in [6, 6.07) is 3.81. The molecule has 2 rings (SSSR count). The summed E-state index contributed by atoms with van der Waals surface area (Å²) in [5, 5.41) is 6.53. The number of nitrogens with zero attached hydrogens (tertiary/aromatic N) is 1. The first kappa shape index (κ1) is 16.8. The van der Waals surface area contributed by atoms with E-state index in [0.29, 0.717) is 18.3 Å². The maximum atomic E-state index is 10.9. The van der Waals surface area contributed by atoms with Gasteiger partial charge in [0.15, 0.2) is 11.7 Å². The third-order valence-electron chi connectivity index (χ3n) is 3.25. The minimum atomic E-state index is -0.556. The Hall–Kier alpha value is -1.25. The maximum absolute atomic E-state index is 10.9. The third kappa shape index (κ3) is 4.69. The van der Waals surface area contributed by atoms with Crippen LogP contribution in [0.3, 0.4) is 0 Å². The van der Waals surface area contributed by atoms with Gasteiger partial charge in [0, 0.05) is 13.1 Å². The van der Waals surface area contributed by atoms with Crippen LogP contribution in [-0.4, -0.2) is 25.0 Å². The molecule has 0 aromatic carbocycles. The van der Waals surface area contributed by atoms with Crippen LogP contribution in [0.15, 0.2) is 21.5 Å². The highest BCUT2D eigenvalue weighted by atomic mass is 127. The van der Waals surface area contributed by atoms with Crippen molar-refractivity contribution in [1.29, 1.82) is 0 Å². The van der Waals surface area contributed by atoms with Crippen molar-refractivity contribution in [2.75, 3.05) is 7.05 Å². The Morgan fingerprint density at radius 3 is 2.70 bits per heavy atom. The second kappa shape index (κ2) is 8.13. The number of furan rings is 1. The molecule has 1 saturated carbocycles. The number of carbonyl (C=O) groups excluding carboxylic acids is 1. The Kier molecular flexibility index (Phi) is 6.83. The number of nitrogens with two attached hydrogens (primary N) is 1. The van der Waals surface area contributed by atoms with Gasteiger partial charge in [-0.1, -0.05) is 12.8 Å². The van der Waals surface area contributed by atoms with E-state index in [2.05, 4.69) is 15.6 Å². The zero-order valence-electron chi connectivity index (χ0n) is 11.5. The van der Waals surface area contributed by atoms with Gasteiger partial charge in [0.2, 0.25) is 0 Å². The highest BCUT2D eigenvalue weighted by Crippen LogP contribution is 2.17. The number of rotatable bonds is 4. The number of hydrogen-bond acceptors (Lipinski definition) is 3. The second-order valence-electron chi connectivity index (χ2n) is 4.68. The average Bonchev–Trinajstić information content (AvgIpc) is 3.05. The van der Waals surface area contributed by atoms with E-state index in [1.807, 2.05) is 0 Å². The average molecular weight is 392 g/mol. The van der Waals surface area contributed by atoms with E-state index in [9.17, 15) is 4.79 Å². The molecule has 0 spiro atoms. The molecule has 6 nitrogen and oxygen atoms in total. The monoisotopic (exact) mass is 392 g/mol. The molecule has 1 aliphatic rings. The first-order valence-corrected chi connectivity index (χ1v) is 6.54. The molecule has 1 heterocycles. The van der Waals surface area contributed by atoms with Crippen molar-refractivity contribution in [3.8, 4) is 0 Å². The lowest BCUT2D eigenvalue weighted by molar-refractivity contribution is 0.0972. The summed E-state index contributed by atoms with van der Waals surface area (Å²) < 4.78 is 5.29. The number of nitrogens with one attached hydrogen (secondary N) is 2. The minimum absolute atomic E-state index is 0. The number of guanidine groups is 1. The lowest BCUT2D eigenvalue weighted by atomic mass is 10.2. The van der Waals surface area contributed by atoms with Gasteiger partial charge in [0.05, 0.1) is 6.54 Å². The van der Waals surface area contributed by atoms with Crippen LogP contribution in [-0.2, 0) is 6.54 Å². The van der Waals surface area contributed by atoms with E-state index in [1.165, 1.54) is 25.7 Å². The molecule has 0 bridgehead atoms. The predicted octanol–water partition coefficient (Wildman–Crippen LogP) is 1.60. The third-order valence-corrected chi connectivity index (χ3v) is 3.25. The van der Waals surface area contributed by atoms with Crippen LogP contribution in [0.2, 0.25) is 0 Å². The summed E-state index contributed by atoms with van der Waals surface area (Å²) in [6.07, 6.45) is 4.92. The zero-order chi connectivity index (χ0) is 13.7. The molecule has 0 unspecified atom stereocenters. The summed E-state index contributed by atoms with van der Waals surface area (Å²) in [4.78, 5) is 15.1. The maximum Gasteiger partial charge on any atom is 0.284 e. The van der Waals surface area contributed by atoms with E-state index in [4.69, 9.17) is 10.2 Å². The fourth-order valence-electron chi connectivity index (χ4n) is 2.23. The van der Waals surface area contributed by atoms with E-state index in [-0.39, 0.29) is 29.7 Å². The molecule has 0 radical (unpaired) electrons. The van der Waals surface area contributed by atoms with Crippen LogP contribution in [0.5, 0.6) is 0 Å². The summed E-state index contributed by atoms with van der Waals surface area (Å²) in [5.41, 5.74) is 5.13. The van der Waals surface area contributed by atoms with Crippen molar-refractivity contribution in [1.82, 2.24) is 10.6 Å². The Morgan fingerprint density at radius 2 is 2.15 bits per heavy atom. The topological polar surface area (TPSA) is 92.6 Å². The Morgan fingerprint density at radius 1 is 1.45 bits per heavy atom. The van der Waals surface area contributed by atoms with Gasteiger partial charge in [-0.3, -0.25) is 9.79 Å². The number of aliphatic imine (C=N–C) groups is 1. The highest BCUT2D eigenvalue weighted by molar-refractivity contribution is 14.0. The van der Waals surface area contributed by atoms with Crippen LogP contribution in [0.1, 0.15) is 42.0 Å². The van der Waals surface area contributed by atoms with Crippen LogP contribution < -0.4 is 16.4 Å². The van der Waals surface area contributed by atoms with Crippen molar-refractivity contribution in [3.05, 3.63) is 23.7 Å². The van der Waals surface area contributed by atoms with Crippen LogP contribution in [0, 0.1) is 0 Å². The highest BCUT2D eigenvalue weighted by Gasteiger charge is 2.16. The Labute approximate surface area is 135 Å². The second-order valence-corrected chi connectivity index (χ2v) is 4.68. The van der Waals surface area contributed by atoms with Crippen LogP contribution in [0.4, 0.5) is 0 Å². The van der Waals surface area contributed by atoms with Gasteiger partial charge >= 0.3 is 0 Å². The molecule has 0 atom stereocenters. The molecule has 112 valence electrons. The Bertz CT molecular complexity index is 467. The van der Waals surface area contributed by atoms with E-state index >= 15 is 0 Å². The summed E-state index contributed by atoms with van der Waals surface area (Å²) >= 11 is 0. The molecule has 1 fully saturated rings. The SMILES string of the molecule is CN=C(NCc1ccc(C(N)=O)o1)NC1CCCC1.I. The molecule has 1 aromatic rings. The van der Waals surface area contributed by atoms with Crippen molar-refractivity contribution in [2.24, 2.45) is 10.7 Å². The minimum Gasteiger partial charge on any atom is -0.454 e. The first-order chi connectivity index (χ1) is 9.19. The van der Waals surface area contributed by atoms with Crippen molar-refractivity contribution < 1.29 is 9.21 Å². The molecular formula is C13H21IN4O2. The van der Waals surface area contributed by atoms with E-state index in [0.717, 1.165) is 5.96 Å². The van der Waals surface area contributed by atoms with Gasteiger partial charge in [-0.25, -0.2) is 0 Å². The molecule has 20 heavy (non-hydrogen) atoms. The Balaban J connectivity index is 0.00000200. The largest absolute Gasteiger partial charge is 0.454 e. The fraction of sp³-hybridized carbons (Fsp3) is 0.538. The molecule has 4 N–H and O–H groups in total. The first-order valence-electron chi connectivity index (χ1n) is 6.54. The zero-order valence-corrected chi connectivity index (χ0v) is 13.8. The van der Waals surface area contributed by atoms with Gasteiger partial charge in [-0.05, 0) is 25.0 Å². The number of amides is 1. The molecule has 1 aromatic heterocycles. The quantitative estimate of drug-likeness (QED) is 0.412. The van der Waals surface area contributed by atoms with Gasteiger partial charge < -0.3 is 20.8 Å². The van der Waals surface area contributed by atoms with E-state index in [1.54, 1.807) is 19.2 Å². The molecule has 0 saturated heterocycles. The summed E-state index contributed by atoms with van der Waals surface area (Å²) in [7, 11) is 1.74. The lowest BCUT2D eigenvalue weighted by Gasteiger charge is -2.16. The molecule has 1 amide bonds. The van der Waals surface area contributed by atoms with Crippen molar-refractivity contribution >= 4 is 35.8 Å². The van der Waals surface area contributed by atoms with Gasteiger partial charge in [0.25, 0.3) is 5.91 Å². The summed E-state index contributed by atoms with van der Waals surface area (Å²) in [6.45, 7) is 0.472. The van der Waals surface area contributed by atoms with Crippen LogP contribution >= 0.6 is 24.0 Å². The molecule has 0 aliphatic heterocycles. The lowest BCUT2D eigenvalue weighted by Crippen LogP contribution is -2.41. The number of hydrogen-bond donors (Lipinski definition) is 3. The number of primary amides is 1. The molecular weight excluding hydrogens is 371 g/mol. The van der Waals surface area contributed by atoms with Gasteiger partial charge in [-0.15, -0.1) is 24.0 Å². The van der Waals surface area contributed by atoms with Crippen molar-refractivity contribution in [2.45, 2.75) is 38.3 Å². The molecule has 1 aliphatic carbocycles. The summed E-state index contributed by atoms with van der Waals surface area (Å²) in [5.74, 6) is 1.03. The van der Waals surface area contributed by atoms with Gasteiger partial charge in [-0.2, -0.15) is 0 Å². The molecule has 7 heteroatoms. The van der Waals surface area contributed by atoms with E-state index < -0.39 is 5.91 Å².